The van der Waals surface area contributed by atoms with Gasteiger partial charge in [0.15, 0.2) is 5.69 Å². The fraction of sp³-hybridized carbons (Fsp3) is 0.471. The van der Waals surface area contributed by atoms with Crippen LogP contribution in [0.15, 0.2) is 23.0 Å². The van der Waals surface area contributed by atoms with E-state index >= 15 is 0 Å². The number of benzene rings is 1. The van der Waals surface area contributed by atoms with Crippen molar-refractivity contribution >= 4 is 16.8 Å². The van der Waals surface area contributed by atoms with Crippen LogP contribution in [0.25, 0.3) is 10.9 Å². The Labute approximate surface area is 133 Å². The SMILES string of the molecule is CCn1nc(C(=O)N2CCCCCC2)c(=O)c2cc(F)ccc21. The lowest BCUT2D eigenvalue weighted by Gasteiger charge is -2.20. The molecule has 0 bridgehead atoms. The largest absolute Gasteiger partial charge is 0.337 e. The van der Waals surface area contributed by atoms with Crippen molar-refractivity contribution in [1.82, 2.24) is 14.7 Å². The van der Waals surface area contributed by atoms with Crippen LogP contribution >= 0.6 is 0 Å². The predicted molar refractivity (Wildman–Crippen MR) is 86.0 cm³/mol. The molecule has 0 unspecified atom stereocenters. The standard InChI is InChI=1S/C17H20FN3O2/c1-2-21-14-8-7-12(18)11-13(14)16(22)15(19-21)17(23)20-9-5-3-4-6-10-20/h7-8,11H,2-6,9-10H2,1H3. The highest BCUT2D eigenvalue weighted by Gasteiger charge is 2.23. The summed E-state index contributed by atoms with van der Waals surface area (Å²) in [6.07, 6.45) is 4.07. The van der Waals surface area contributed by atoms with Crippen molar-refractivity contribution in [3.63, 3.8) is 0 Å². The average molecular weight is 317 g/mol. The smallest absolute Gasteiger partial charge is 0.278 e. The van der Waals surface area contributed by atoms with Crippen molar-refractivity contribution in [2.75, 3.05) is 13.1 Å². The minimum atomic E-state index is -0.489. The van der Waals surface area contributed by atoms with Gasteiger partial charge in [0.25, 0.3) is 5.91 Å². The molecule has 1 aromatic heterocycles. The molecule has 2 aromatic rings. The van der Waals surface area contributed by atoms with Crippen LogP contribution < -0.4 is 5.43 Å². The first-order valence-corrected chi connectivity index (χ1v) is 8.11. The molecule has 6 heteroatoms. The summed E-state index contributed by atoms with van der Waals surface area (Å²) in [5.74, 6) is -0.832. The normalized spacial score (nSPS) is 15.7. The van der Waals surface area contributed by atoms with Crippen LogP contribution in [0.2, 0.25) is 0 Å². The van der Waals surface area contributed by atoms with Crippen molar-refractivity contribution < 1.29 is 9.18 Å². The van der Waals surface area contributed by atoms with Gasteiger partial charge in [-0.15, -0.1) is 0 Å². The molecule has 2 heterocycles. The number of carbonyl (C=O) groups is 1. The number of hydrogen-bond donors (Lipinski definition) is 0. The molecule has 1 amide bonds. The summed E-state index contributed by atoms with van der Waals surface area (Å²) in [6.45, 7) is 3.67. The average Bonchev–Trinajstić information content (AvgIpc) is 2.84. The summed E-state index contributed by atoms with van der Waals surface area (Å²) < 4.78 is 15.1. The molecular weight excluding hydrogens is 297 g/mol. The van der Waals surface area contributed by atoms with E-state index in [-0.39, 0.29) is 17.0 Å². The number of fused-ring (bicyclic) bond motifs is 1. The third kappa shape index (κ3) is 2.98. The van der Waals surface area contributed by atoms with E-state index in [0.29, 0.717) is 25.2 Å². The quantitative estimate of drug-likeness (QED) is 0.855. The molecule has 5 nitrogen and oxygen atoms in total. The summed E-state index contributed by atoms with van der Waals surface area (Å²) in [6, 6.07) is 4.01. The molecule has 0 atom stereocenters. The highest BCUT2D eigenvalue weighted by molar-refractivity contribution is 5.95. The fourth-order valence-corrected chi connectivity index (χ4v) is 3.07. The lowest BCUT2D eigenvalue weighted by Crippen LogP contribution is -2.37. The maximum atomic E-state index is 13.5. The third-order valence-electron chi connectivity index (χ3n) is 4.31. The van der Waals surface area contributed by atoms with Gasteiger partial charge < -0.3 is 4.90 Å². The second kappa shape index (κ2) is 6.48. The molecule has 122 valence electrons. The first kappa shape index (κ1) is 15.6. The summed E-state index contributed by atoms with van der Waals surface area (Å²) in [5.41, 5.74) is -0.0448. The summed E-state index contributed by atoms with van der Waals surface area (Å²) in [5, 5.41) is 4.45. The van der Waals surface area contributed by atoms with Crippen molar-refractivity contribution in [3.8, 4) is 0 Å². The maximum Gasteiger partial charge on any atom is 0.278 e. The lowest BCUT2D eigenvalue weighted by atomic mass is 10.1. The Morgan fingerprint density at radius 1 is 1.22 bits per heavy atom. The number of hydrogen-bond acceptors (Lipinski definition) is 3. The summed E-state index contributed by atoms with van der Waals surface area (Å²) in [4.78, 5) is 27.1. The van der Waals surface area contributed by atoms with Gasteiger partial charge >= 0.3 is 0 Å². The number of aryl methyl sites for hydroxylation is 1. The van der Waals surface area contributed by atoms with Gasteiger partial charge in [-0.25, -0.2) is 4.39 Å². The second-order valence-electron chi connectivity index (χ2n) is 5.86. The Morgan fingerprint density at radius 3 is 2.57 bits per heavy atom. The van der Waals surface area contributed by atoms with Gasteiger partial charge in [0.2, 0.25) is 5.43 Å². The highest BCUT2D eigenvalue weighted by atomic mass is 19.1. The number of likely N-dealkylation sites (tertiary alicyclic amines) is 1. The number of rotatable bonds is 2. The predicted octanol–water partition coefficient (Wildman–Crippen LogP) is 2.57. The van der Waals surface area contributed by atoms with Crippen molar-refractivity contribution in [1.29, 1.82) is 0 Å². The zero-order chi connectivity index (χ0) is 16.4. The molecule has 1 aliphatic rings. The number of aromatic nitrogens is 2. The van der Waals surface area contributed by atoms with E-state index < -0.39 is 11.2 Å². The van der Waals surface area contributed by atoms with E-state index in [1.807, 2.05) is 6.92 Å². The molecule has 1 aliphatic heterocycles. The molecule has 0 N–H and O–H groups in total. The summed E-state index contributed by atoms with van der Waals surface area (Å²) in [7, 11) is 0. The summed E-state index contributed by atoms with van der Waals surface area (Å²) >= 11 is 0. The lowest BCUT2D eigenvalue weighted by molar-refractivity contribution is 0.0752. The zero-order valence-electron chi connectivity index (χ0n) is 13.2. The third-order valence-corrected chi connectivity index (χ3v) is 4.31. The molecule has 23 heavy (non-hydrogen) atoms. The van der Waals surface area contributed by atoms with Crippen molar-refractivity contribution in [2.45, 2.75) is 39.2 Å². The van der Waals surface area contributed by atoms with Crippen LogP contribution in [0.3, 0.4) is 0 Å². The molecule has 0 radical (unpaired) electrons. The Morgan fingerprint density at radius 2 is 1.91 bits per heavy atom. The first-order chi connectivity index (χ1) is 11.1. The number of carbonyl (C=O) groups excluding carboxylic acids is 1. The molecule has 0 saturated carbocycles. The molecule has 0 spiro atoms. The van der Waals surface area contributed by atoms with Crippen LogP contribution in [0.1, 0.15) is 43.1 Å². The van der Waals surface area contributed by atoms with Crippen molar-refractivity contribution in [3.05, 3.63) is 39.9 Å². The van der Waals surface area contributed by atoms with Gasteiger partial charge in [-0.1, -0.05) is 12.8 Å². The maximum absolute atomic E-state index is 13.5. The minimum absolute atomic E-state index is 0.105. The molecule has 1 saturated heterocycles. The van der Waals surface area contributed by atoms with Gasteiger partial charge in [0.05, 0.1) is 10.9 Å². The van der Waals surface area contributed by atoms with E-state index in [2.05, 4.69) is 5.10 Å². The van der Waals surface area contributed by atoms with E-state index in [4.69, 9.17) is 0 Å². The second-order valence-corrected chi connectivity index (χ2v) is 5.86. The zero-order valence-corrected chi connectivity index (χ0v) is 13.2. The fourth-order valence-electron chi connectivity index (χ4n) is 3.07. The van der Waals surface area contributed by atoms with E-state index in [1.54, 1.807) is 9.58 Å². The van der Waals surface area contributed by atoms with Crippen LogP contribution in [0.5, 0.6) is 0 Å². The van der Waals surface area contributed by atoms with Crippen LogP contribution in [0, 0.1) is 5.82 Å². The van der Waals surface area contributed by atoms with Gasteiger partial charge in [0.1, 0.15) is 5.82 Å². The molecule has 3 rings (SSSR count). The number of halogens is 1. The Kier molecular flexibility index (Phi) is 4.41. The van der Waals surface area contributed by atoms with Crippen molar-refractivity contribution in [2.24, 2.45) is 0 Å². The van der Waals surface area contributed by atoms with Gasteiger partial charge in [-0.3, -0.25) is 14.3 Å². The van der Waals surface area contributed by atoms with E-state index in [9.17, 15) is 14.0 Å². The molecular formula is C17H20FN3O2. The number of amides is 1. The van der Waals surface area contributed by atoms with E-state index in [0.717, 1.165) is 25.7 Å². The molecule has 1 aromatic carbocycles. The Bertz CT molecular complexity index is 792. The van der Waals surface area contributed by atoms with E-state index in [1.165, 1.54) is 18.2 Å². The van der Waals surface area contributed by atoms with Gasteiger partial charge in [-0.2, -0.15) is 5.10 Å². The van der Waals surface area contributed by atoms with Crippen LogP contribution in [-0.2, 0) is 6.54 Å². The molecule has 0 aliphatic carbocycles. The topological polar surface area (TPSA) is 55.2 Å². The Balaban J connectivity index is 2.11. The van der Waals surface area contributed by atoms with Gasteiger partial charge in [0, 0.05) is 19.6 Å². The first-order valence-electron chi connectivity index (χ1n) is 8.11. The number of nitrogens with zero attached hydrogens (tertiary/aromatic N) is 3. The Hall–Kier alpha value is -2.24. The van der Waals surface area contributed by atoms with Crippen LogP contribution in [-0.4, -0.2) is 33.7 Å². The minimum Gasteiger partial charge on any atom is -0.337 e. The molecule has 1 fully saturated rings. The highest BCUT2D eigenvalue weighted by Crippen LogP contribution is 2.15. The monoisotopic (exact) mass is 317 g/mol. The van der Waals surface area contributed by atoms with Crippen LogP contribution in [0.4, 0.5) is 4.39 Å². The van der Waals surface area contributed by atoms with Gasteiger partial charge in [-0.05, 0) is 38.0 Å².